The van der Waals surface area contributed by atoms with Crippen molar-refractivity contribution in [3.63, 3.8) is 0 Å². The average molecular weight is 672 g/mol. The second kappa shape index (κ2) is 15.7. The van der Waals surface area contributed by atoms with Gasteiger partial charge < -0.3 is 19.8 Å². The number of aromatic nitrogens is 2. The molecule has 254 valence electrons. The minimum Gasteiger partial charge on any atom is -0.492 e. The van der Waals surface area contributed by atoms with Crippen molar-refractivity contribution < 1.29 is 43.8 Å². The van der Waals surface area contributed by atoms with Gasteiger partial charge in [0.2, 0.25) is 22.8 Å². The van der Waals surface area contributed by atoms with Crippen LogP contribution in [0.5, 0.6) is 17.5 Å². The lowest BCUT2D eigenvalue weighted by molar-refractivity contribution is -0.645. The number of nitro benzene ring substituents is 2. The lowest BCUT2D eigenvalue weighted by Crippen LogP contribution is -2.36. The number of carbonyl (C=O) groups excluding carboxylic acids is 2. The number of aromatic hydroxyl groups is 2. The molecule has 0 unspecified atom stereocenters. The van der Waals surface area contributed by atoms with Gasteiger partial charge in [0.1, 0.15) is 6.54 Å². The van der Waals surface area contributed by atoms with E-state index in [1.807, 2.05) is 24.3 Å². The molecule has 2 heterocycles. The zero-order valence-electron chi connectivity index (χ0n) is 26.5. The number of ether oxygens (including phenoxy) is 1. The van der Waals surface area contributed by atoms with E-state index in [4.69, 9.17) is 9.57 Å². The highest BCUT2D eigenvalue weighted by molar-refractivity contribution is 6.13. The minimum absolute atomic E-state index is 0.157. The average Bonchev–Trinajstić information content (AvgIpc) is 3.40. The molecule has 0 saturated heterocycles. The normalized spacial score (nSPS) is 11.1. The molecule has 49 heavy (non-hydrogen) atoms. The van der Waals surface area contributed by atoms with Crippen LogP contribution in [-0.4, -0.2) is 36.7 Å². The van der Waals surface area contributed by atoms with Crippen molar-refractivity contribution in [1.82, 2.24) is 4.73 Å². The largest absolute Gasteiger partial charge is 0.492 e. The molecule has 0 bridgehead atoms. The second-order valence-corrected chi connectivity index (χ2v) is 11.5. The van der Waals surface area contributed by atoms with Gasteiger partial charge in [-0.05, 0) is 31.0 Å². The number of aryl methyl sites for hydroxylation is 1. The van der Waals surface area contributed by atoms with E-state index >= 15 is 0 Å². The van der Waals surface area contributed by atoms with Gasteiger partial charge in [-0.15, -0.1) is 4.73 Å². The van der Waals surface area contributed by atoms with E-state index in [0.29, 0.717) is 28.5 Å². The molecule has 5 rings (SSSR count). The Kier molecular flexibility index (Phi) is 11.0. The number of rotatable bonds is 16. The Bertz CT molecular complexity index is 1910. The SMILES string of the molecule is O=C(CCCCCCCCCC[n+]1c2ccccc2c(C(=O)Oc2c([N+](=O)[O-])cccc2[N+](=O)[O-])c2ccccc21)On1c(O)ccc1O. The molecule has 2 aromatic heterocycles. The number of nitrogens with zero attached hydrogens (tertiary/aromatic N) is 4. The molecular weight excluding hydrogens is 636 g/mol. The van der Waals surface area contributed by atoms with Crippen LogP contribution in [0.15, 0.2) is 78.9 Å². The van der Waals surface area contributed by atoms with Gasteiger partial charge in [0.15, 0.2) is 0 Å². The lowest BCUT2D eigenvalue weighted by Gasteiger charge is -2.12. The first-order valence-electron chi connectivity index (χ1n) is 16.0. The molecule has 14 heteroatoms. The van der Waals surface area contributed by atoms with Gasteiger partial charge >= 0.3 is 23.3 Å². The monoisotopic (exact) mass is 671 g/mol. The van der Waals surface area contributed by atoms with Gasteiger partial charge in [-0.25, -0.2) is 9.59 Å². The molecular formula is C35H35N4O10+. The Morgan fingerprint density at radius 2 is 1.16 bits per heavy atom. The van der Waals surface area contributed by atoms with Gasteiger partial charge in [0.05, 0.1) is 26.2 Å². The molecule has 0 fully saturated rings. The summed E-state index contributed by atoms with van der Waals surface area (Å²) in [5.74, 6) is -2.89. The van der Waals surface area contributed by atoms with Gasteiger partial charge in [0.25, 0.3) is 5.75 Å². The number of hydrogen-bond donors (Lipinski definition) is 2. The highest BCUT2D eigenvalue weighted by Crippen LogP contribution is 2.38. The number of para-hydroxylation sites is 3. The first-order chi connectivity index (χ1) is 23.7. The summed E-state index contributed by atoms with van der Waals surface area (Å²) in [6.45, 7) is 0.667. The van der Waals surface area contributed by atoms with Crippen LogP contribution < -0.4 is 14.1 Å². The van der Waals surface area contributed by atoms with E-state index in [1.54, 1.807) is 24.3 Å². The Labute approximate surface area is 280 Å². The van der Waals surface area contributed by atoms with Gasteiger partial charge in [-0.1, -0.05) is 56.4 Å². The number of hydrogen-bond acceptors (Lipinski definition) is 10. The molecule has 0 aliphatic carbocycles. The fraction of sp³-hybridized carbons (Fsp3) is 0.286. The van der Waals surface area contributed by atoms with Crippen LogP contribution in [0, 0.1) is 20.2 Å². The third kappa shape index (κ3) is 7.92. The number of nitro groups is 2. The van der Waals surface area contributed by atoms with Crippen LogP contribution in [-0.2, 0) is 11.3 Å². The first kappa shape index (κ1) is 34.3. The summed E-state index contributed by atoms with van der Waals surface area (Å²) < 4.78 is 8.28. The maximum atomic E-state index is 13.7. The van der Waals surface area contributed by atoms with Crippen molar-refractivity contribution in [1.29, 1.82) is 0 Å². The summed E-state index contributed by atoms with van der Waals surface area (Å²) in [7, 11) is 0. The highest BCUT2D eigenvalue weighted by atomic mass is 16.7. The molecule has 0 aliphatic heterocycles. The van der Waals surface area contributed by atoms with E-state index in [0.717, 1.165) is 68.1 Å². The Balaban J connectivity index is 1.20. The van der Waals surface area contributed by atoms with Gasteiger partial charge in [0, 0.05) is 49.2 Å². The number of fused-ring (bicyclic) bond motifs is 2. The molecule has 0 radical (unpaired) electrons. The fourth-order valence-electron chi connectivity index (χ4n) is 5.87. The summed E-state index contributed by atoms with van der Waals surface area (Å²) in [5.41, 5.74) is 0.305. The van der Waals surface area contributed by atoms with E-state index in [2.05, 4.69) is 4.57 Å². The summed E-state index contributed by atoms with van der Waals surface area (Å²) in [6.07, 6.45) is 7.54. The van der Waals surface area contributed by atoms with Crippen molar-refractivity contribution in [2.75, 3.05) is 0 Å². The smallest absolute Gasteiger partial charge is 0.345 e. The van der Waals surface area contributed by atoms with E-state index in [9.17, 15) is 40.0 Å². The highest BCUT2D eigenvalue weighted by Gasteiger charge is 2.32. The van der Waals surface area contributed by atoms with Crippen molar-refractivity contribution >= 4 is 45.1 Å². The van der Waals surface area contributed by atoms with Crippen molar-refractivity contribution in [2.45, 2.75) is 64.3 Å². The van der Waals surface area contributed by atoms with E-state index < -0.39 is 38.9 Å². The third-order valence-electron chi connectivity index (χ3n) is 8.20. The third-order valence-corrected chi connectivity index (χ3v) is 8.20. The molecule has 0 aliphatic rings. The molecule has 0 amide bonds. The molecule has 0 saturated carbocycles. The molecule has 2 N–H and O–H groups in total. The number of unbranched alkanes of at least 4 members (excludes halogenated alkanes) is 7. The maximum absolute atomic E-state index is 13.7. The number of carbonyl (C=O) groups is 2. The molecule has 0 atom stereocenters. The first-order valence-corrected chi connectivity index (χ1v) is 16.0. The van der Waals surface area contributed by atoms with Crippen molar-refractivity contribution in [2.24, 2.45) is 0 Å². The molecule has 0 spiro atoms. The number of benzene rings is 3. The van der Waals surface area contributed by atoms with Crippen LogP contribution in [0.4, 0.5) is 11.4 Å². The zero-order chi connectivity index (χ0) is 34.9. The molecule has 3 aromatic carbocycles. The quantitative estimate of drug-likeness (QED) is 0.0217. The summed E-state index contributed by atoms with van der Waals surface area (Å²) in [5, 5.41) is 43.5. The standard InChI is InChI=1S/C35H34N4O10/c40-30-21-22-31(41)37(30)49-32(42)20-7-5-3-1-2-4-6-12-23-36-26-16-10-8-14-24(26)33(25-15-9-11-17-27(25)36)35(43)48-34-28(38(44)45)18-13-19-29(34)39(46)47/h8-11,13-19,21-22,43H,1-7,12,20,23H2/p+1. The fourth-order valence-corrected chi connectivity index (χ4v) is 5.87. The summed E-state index contributed by atoms with van der Waals surface area (Å²) >= 11 is 0. The molecule has 14 nitrogen and oxygen atoms in total. The van der Waals surface area contributed by atoms with Crippen molar-refractivity contribution in [3.8, 4) is 17.5 Å². The Hall–Kier alpha value is -6.05. The minimum atomic E-state index is -0.937. The lowest BCUT2D eigenvalue weighted by atomic mass is 10.0. The van der Waals surface area contributed by atoms with Crippen LogP contribution in [0.1, 0.15) is 68.1 Å². The number of pyridine rings is 1. The van der Waals surface area contributed by atoms with E-state index in [-0.39, 0.29) is 23.7 Å². The van der Waals surface area contributed by atoms with Crippen molar-refractivity contribution in [3.05, 3.63) is 105 Å². The number of esters is 1. The zero-order valence-corrected chi connectivity index (χ0v) is 26.5. The van der Waals surface area contributed by atoms with Crippen LogP contribution in [0.3, 0.4) is 0 Å². The summed E-state index contributed by atoms with van der Waals surface area (Å²) in [4.78, 5) is 52.3. The summed E-state index contributed by atoms with van der Waals surface area (Å²) in [6, 6.07) is 20.2. The maximum Gasteiger partial charge on any atom is 0.345 e. The van der Waals surface area contributed by atoms with Gasteiger partial charge in [-0.2, -0.15) is 4.57 Å². The van der Waals surface area contributed by atoms with Crippen LogP contribution in [0.2, 0.25) is 0 Å². The van der Waals surface area contributed by atoms with Gasteiger partial charge in [-0.3, -0.25) is 20.2 Å². The van der Waals surface area contributed by atoms with Crippen LogP contribution >= 0.6 is 0 Å². The predicted molar refractivity (Wildman–Crippen MR) is 177 cm³/mol. The topological polar surface area (TPSA) is 188 Å². The predicted octanol–water partition coefficient (Wildman–Crippen LogP) is 6.70. The Morgan fingerprint density at radius 1 is 0.673 bits per heavy atom. The van der Waals surface area contributed by atoms with E-state index in [1.165, 1.54) is 18.2 Å². The molecule has 5 aromatic rings. The van der Waals surface area contributed by atoms with Crippen LogP contribution in [0.25, 0.3) is 21.8 Å². The second-order valence-electron chi connectivity index (χ2n) is 11.5. The Morgan fingerprint density at radius 3 is 1.69 bits per heavy atom.